The van der Waals surface area contributed by atoms with Gasteiger partial charge in [0.1, 0.15) is 12.4 Å². The fourth-order valence-electron chi connectivity index (χ4n) is 2.31. The van der Waals surface area contributed by atoms with Gasteiger partial charge in [0.25, 0.3) is 0 Å². The zero-order chi connectivity index (χ0) is 13.1. The number of hydrogen-bond donors (Lipinski definition) is 1. The van der Waals surface area contributed by atoms with Gasteiger partial charge in [0.2, 0.25) is 0 Å². The Balaban J connectivity index is 1.75. The van der Waals surface area contributed by atoms with E-state index in [4.69, 9.17) is 4.74 Å². The Bertz CT molecular complexity index is 589. The summed E-state index contributed by atoms with van der Waals surface area (Å²) in [5.74, 6) is 0.908. The minimum Gasteiger partial charge on any atom is -0.489 e. The van der Waals surface area contributed by atoms with Gasteiger partial charge in [0.05, 0.1) is 0 Å². The van der Waals surface area contributed by atoms with E-state index in [0.717, 1.165) is 24.4 Å². The summed E-state index contributed by atoms with van der Waals surface area (Å²) in [5, 5.41) is 3.33. The SMILES string of the molecule is C=C1CNCc2ccc(OCc3ccccc3)cc21. The summed E-state index contributed by atoms with van der Waals surface area (Å²) in [4.78, 5) is 0. The van der Waals surface area contributed by atoms with Gasteiger partial charge >= 0.3 is 0 Å². The van der Waals surface area contributed by atoms with Crippen LogP contribution in [0.1, 0.15) is 16.7 Å². The molecule has 0 amide bonds. The summed E-state index contributed by atoms with van der Waals surface area (Å²) in [6, 6.07) is 16.5. The predicted octanol–water partition coefficient (Wildman–Crippen LogP) is 3.38. The van der Waals surface area contributed by atoms with Gasteiger partial charge < -0.3 is 10.1 Å². The van der Waals surface area contributed by atoms with E-state index in [9.17, 15) is 0 Å². The number of fused-ring (bicyclic) bond motifs is 1. The van der Waals surface area contributed by atoms with E-state index in [2.05, 4.69) is 36.2 Å². The van der Waals surface area contributed by atoms with Crippen molar-refractivity contribution in [2.45, 2.75) is 13.2 Å². The van der Waals surface area contributed by atoms with Gasteiger partial charge in [0, 0.05) is 13.1 Å². The highest BCUT2D eigenvalue weighted by Gasteiger charge is 2.12. The van der Waals surface area contributed by atoms with Crippen molar-refractivity contribution < 1.29 is 4.74 Å². The summed E-state index contributed by atoms with van der Waals surface area (Å²) >= 11 is 0. The maximum atomic E-state index is 5.84. The molecule has 3 rings (SSSR count). The van der Waals surface area contributed by atoms with Crippen molar-refractivity contribution in [2.24, 2.45) is 0 Å². The highest BCUT2D eigenvalue weighted by Crippen LogP contribution is 2.26. The van der Waals surface area contributed by atoms with Crippen molar-refractivity contribution in [3.8, 4) is 5.75 Å². The van der Waals surface area contributed by atoms with E-state index < -0.39 is 0 Å². The number of hydrogen-bond acceptors (Lipinski definition) is 2. The van der Waals surface area contributed by atoms with Crippen LogP contribution in [0.2, 0.25) is 0 Å². The van der Waals surface area contributed by atoms with Crippen LogP contribution in [0.3, 0.4) is 0 Å². The topological polar surface area (TPSA) is 21.3 Å². The van der Waals surface area contributed by atoms with Gasteiger partial charge in [-0.3, -0.25) is 0 Å². The lowest BCUT2D eigenvalue weighted by atomic mass is 9.97. The molecular formula is C17H17NO. The van der Waals surface area contributed by atoms with Crippen LogP contribution in [0.4, 0.5) is 0 Å². The molecule has 0 unspecified atom stereocenters. The van der Waals surface area contributed by atoms with Crippen LogP contribution >= 0.6 is 0 Å². The van der Waals surface area contributed by atoms with Crippen LogP contribution in [-0.4, -0.2) is 6.54 Å². The molecule has 0 saturated carbocycles. The lowest BCUT2D eigenvalue weighted by molar-refractivity contribution is 0.306. The molecule has 2 aromatic carbocycles. The van der Waals surface area contributed by atoms with Crippen molar-refractivity contribution in [1.29, 1.82) is 0 Å². The van der Waals surface area contributed by atoms with Gasteiger partial charge in [-0.15, -0.1) is 0 Å². The summed E-state index contributed by atoms with van der Waals surface area (Å²) in [6.07, 6.45) is 0. The zero-order valence-electron chi connectivity index (χ0n) is 10.9. The zero-order valence-corrected chi connectivity index (χ0v) is 10.9. The first-order valence-electron chi connectivity index (χ1n) is 6.51. The second kappa shape index (κ2) is 5.29. The predicted molar refractivity (Wildman–Crippen MR) is 78.0 cm³/mol. The lowest BCUT2D eigenvalue weighted by Crippen LogP contribution is -2.22. The Labute approximate surface area is 113 Å². The molecule has 2 nitrogen and oxygen atoms in total. The third kappa shape index (κ3) is 2.69. The van der Waals surface area contributed by atoms with E-state index in [1.807, 2.05) is 24.3 Å². The van der Waals surface area contributed by atoms with Crippen LogP contribution in [0.25, 0.3) is 5.57 Å². The van der Waals surface area contributed by atoms with Crippen molar-refractivity contribution in [2.75, 3.05) is 6.54 Å². The Kier molecular flexibility index (Phi) is 3.34. The minimum atomic E-state index is 0.602. The third-order valence-electron chi connectivity index (χ3n) is 3.36. The molecule has 0 bridgehead atoms. The van der Waals surface area contributed by atoms with E-state index in [-0.39, 0.29) is 0 Å². The molecule has 0 radical (unpaired) electrons. The molecule has 0 fully saturated rings. The molecule has 1 aliphatic rings. The molecule has 2 aromatic rings. The molecule has 1 N–H and O–H groups in total. The number of rotatable bonds is 3. The summed E-state index contributed by atoms with van der Waals surface area (Å²) in [5.41, 5.74) is 4.83. The Morgan fingerprint density at radius 1 is 1.05 bits per heavy atom. The van der Waals surface area contributed by atoms with Crippen molar-refractivity contribution >= 4 is 5.57 Å². The summed E-state index contributed by atoms with van der Waals surface area (Å²) in [7, 11) is 0. The first-order valence-corrected chi connectivity index (χ1v) is 6.51. The summed E-state index contributed by atoms with van der Waals surface area (Å²) in [6.45, 7) is 6.46. The van der Waals surface area contributed by atoms with Crippen LogP contribution in [0.5, 0.6) is 5.75 Å². The van der Waals surface area contributed by atoms with Crippen molar-refractivity contribution in [1.82, 2.24) is 5.32 Å². The van der Waals surface area contributed by atoms with Gasteiger partial charge in [0.15, 0.2) is 0 Å². The van der Waals surface area contributed by atoms with Crippen molar-refractivity contribution in [3.05, 3.63) is 71.8 Å². The van der Waals surface area contributed by atoms with Gasteiger partial charge in [-0.05, 0) is 34.4 Å². The minimum absolute atomic E-state index is 0.602. The fourth-order valence-corrected chi connectivity index (χ4v) is 2.31. The Morgan fingerprint density at radius 2 is 1.89 bits per heavy atom. The molecule has 96 valence electrons. The number of nitrogens with one attached hydrogen (secondary N) is 1. The lowest BCUT2D eigenvalue weighted by Gasteiger charge is -2.20. The largest absolute Gasteiger partial charge is 0.489 e. The third-order valence-corrected chi connectivity index (χ3v) is 3.36. The standard InChI is InChI=1S/C17H17NO/c1-13-10-18-11-15-7-8-16(9-17(13)15)19-12-14-5-3-2-4-6-14/h2-9,18H,1,10-12H2. The first kappa shape index (κ1) is 12.0. The van der Waals surface area contributed by atoms with Gasteiger partial charge in [-0.25, -0.2) is 0 Å². The molecule has 1 aliphatic heterocycles. The second-order valence-electron chi connectivity index (χ2n) is 4.80. The van der Waals surface area contributed by atoms with Gasteiger partial charge in [-0.1, -0.05) is 43.0 Å². The smallest absolute Gasteiger partial charge is 0.120 e. The van der Waals surface area contributed by atoms with E-state index in [0.29, 0.717) is 6.61 Å². The monoisotopic (exact) mass is 251 g/mol. The van der Waals surface area contributed by atoms with Crippen LogP contribution < -0.4 is 10.1 Å². The maximum Gasteiger partial charge on any atom is 0.120 e. The molecule has 0 aromatic heterocycles. The average molecular weight is 251 g/mol. The molecule has 0 spiro atoms. The van der Waals surface area contributed by atoms with E-state index in [1.54, 1.807) is 0 Å². The quantitative estimate of drug-likeness (QED) is 0.903. The van der Waals surface area contributed by atoms with Crippen LogP contribution in [0, 0.1) is 0 Å². The fraction of sp³-hybridized carbons (Fsp3) is 0.176. The molecule has 1 heterocycles. The second-order valence-corrected chi connectivity index (χ2v) is 4.80. The molecule has 0 atom stereocenters. The Morgan fingerprint density at radius 3 is 2.74 bits per heavy atom. The summed E-state index contributed by atoms with van der Waals surface area (Å²) < 4.78 is 5.84. The average Bonchev–Trinajstić information content (AvgIpc) is 2.47. The first-order chi connectivity index (χ1) is 9.33. The Hall–Kier alpha value is -2.06. The molecule has 0 saturated heterocycles. The van der Waals surface area contributed by atoms with Crippen molar-refractivity contribution in [3.63, 3.8) is 0 Å². The van der Waals surface area contributed by atoms with E-state index in [1.165, 1.54) is 16.7 Å². The number of benzene rings is 2. The maximum absolute atomic E-state index is 5.84. The van der Waals surface area contributed by atoms with Gasteiger partial charge in [-0.2, -0.15) is 0 Å². The molecule has 2 heteroatoms. The molecular weight excluding hydrogens is 234 g/mol. The highest BCUT2D eigenvalue weighted by atomic mass is 16.5. The van der Waals surface area contributed by atoms with E-state index >= 15 is 0 Å². The molecule has 19 heavy (non-hydrogen) atoms. The van der Waals surface area contributed by atoms with Crippen LogP contribution in [-0.2, 0) is 13.2 Å². The highest BCUT2D eigenvalue weighted by molar-refractivity contribution is 5.70. The number of ether oxygens (including phenoxy) is 1. The molecule has 0 aliphatic carbocycles. The van der Waals surface area contributed by atoms with Crippen LogP contribution in [0.15, 0.2) is 55.1 Å². The normalized spacial score (nSPS) is 14.0.